The van der Waals surface area contributed by atoms with Gasteiger partial charge in [0.15, 0.2) is 13.2 Å². The van der Waals surface area contributed by atoms with Crippen molar-refractivity contribution in [3.63, 3.8) is 0 Å². The van der Waals surface area contributed by atoms with Crippen LogP contribution in [0.1, 0.15) is 13.8 Å². The lowest BCUT2D eigenvalue weighted by atomic mass is 9.91. The summed E-state index contributed by atoms with van der Waals surface area (Å²) < 4.78 is 198. The topological polar surface area (TPSA) is 182 Å². The van der Waals surface area contributed by atoms with Crippen LogP contribution in [0, 0.1) is 0 Å². The minimum atomic E-state index is -8.13. The van der Waals surface area contributed by atoms with Gasteiger partial charge in [0.05, 0.1) is 0 Å². The fourth-order valence-electron chi connectivity index (χ4n) is 3.30. The second-order valence-electron chi connectivity index (χ2n) is 11.5. The molecule has 0 radical (unpaired) electrons. The molecule has 0 aliphatic rings. The maximum absolute atomic E-state index is 14.4. The highest BCUT2D eigenvalue weighted by molar-refractivity contribution is 5.82. The number of nitrogens with one attached hydrogen (secondary N) is 2. The van der Waals surface area contributed by atoms with Gasteiger partial charge in [0.1, 0.15) is 37.5 Å². The average Bonchev–Trinajstić information content (AvgIpc) is 3.11. The minimum absolute atomic E-state index is 0.563. The Balaban J connectivity index is 6.15. The first-order valence-corrected chi connectivity index (χ1v) is 14.6. The maximum Gasteiger partial charge on any atom is 0.408 e. The lowest BCUT2D eigenvalue weighted by molar-refractivity contribution is -0.427. The van der Waals surface area contributed by atoms with Crippen molar-refractivity contribution in [2.24, 2.45) is 0 Å². The van der Waals surface area contributed by atoms with Crippen molar-refractivity contribution in [3.05, 3.63) is 50.6 Å². The Morgan fingerprint density at radius 1 is 0.411 bits per heavy atom. The number of hydrogen-bond donors (Lipinski definition) is 2. The van der Waals surface area contributed by atoms with E-state index in [4.69, 9.17) is 0 Å². The number of alkyl halides is 12. The van der Waals surface area contributed by atoms with Crippen LogP contribution < -0.4 is 10.6 Å². The Morgan fingerprint density at radius 3 is 0.821 bits per heavy atom. The molecule has 0 rings (SSSR count). The van der Waals surface area contributed by atoms with Crippen LogP contribution in [-0.4, -0.2) is 122 Å². The van der Waals surface area contributed by atoms with Gasteiger partial charge in [-0.3, -0.25) is 0 Å². The van der Waals surface area contributed by atoms with Crippen LogP contribution in [0.5, 0.6) is 0 Å². The normalized spacial score (nSPS) is 12.9. The van der Waals surface area contributed by atoms with Crippen molar-refractivity contribution in [1.82, 2.24) is 10.6 Å². The highest BCUT2D eigenvalue weighted by Gasteiger charge is 2.90. The molecule has 0 spiro atoms. The summed E-state index contributed by atoms with van der Waals surface area (Å²) >= 11 is 0. The standard InChI is InChI=1S/C30H32F12N2O12/c1-7-17(45)51-11-23(5,12-52-18(46)8-2)43-21(49)55-15-25(31,32)27(35,36)29(39,40)30(41,42)28(37,38)26(33,34)16-56-22(50)44-24(6,13-53-19(47)9-3)14-54-20(48)10-4/h7-10H,1-4,11-16H2,5-6H3,(H,43,49)(H,44,50). The molecule has 318 valence electrons. The SMILES string of the molecule is C=CC(=O)OCC(C)(COC(=O)C=C)NC(=O)OCC(F)(F)C(F)(F)C(F)(F)C(F)(F)C(F)(F)C(F)(F)COC(=O)NC(C)(COC(=O)C=C)COC(=O)C=C. The number of halogens is 12. The molecule has 0 heterocycles. The van der Waals surface area contributed by atoms with E-state index in [0.717, 1.165) is 13.8 Å². The van der Waals surface area contributed by atoms with Crippen molar-refractivity contribution in [2.45, 2.75) is 60.5 Å². The third-order valence-corrected chi connectivity index (χ3v) is 6.48. The molecule has 0 bridgehead atoms. The maximum atomic E-state index is 14.4. The zero-order valence-electron chi connectivity index (χ0n) is 28.8. The molecule has 56 heavy (non-hydrogen) atoms. The van der Waals surface area contributed by atoms with E-state index in [-0.39, 0.29) is 0 Å². The Kier molecular flexibility index (Phi) is 17.1. The fourth-order valence-corrected chi connectivity index (χ4v) is 3.30. The van der Waals surface area contributed by atoms with Crippen molar-refractivity contribution < 1.29 is 110 Å². The third kappa shape index (κ3) is 12.5. The monoisotopic (exact) mass is 840 g/mol. The fraction of sp³-hybridized carbons (Fsp3) is 0.533. The van der Waals surface area contributed by atoms with Crippen LogP contribution in [0.15, 0.2) is 50.6 Å². The Morgan fingerprint density at radius 2 is 0.625 bits per heavy atom. The number of amides is 2. The molecular weight excluding hydrogens is 808 g/mol. The Bertz CT molecular complexity index is 1360. The van der Waals surface area contributed by atoms with Crippen molar-refractivity contribution >= 4 is 36.1 Å². The van der Waals surface area contributed by atoms with E-state index in [1.54, 1.807) is 10.6 Å². The zero-order valence-corrected chi connectivity index (χ0v) is 28.8. The molecule has 0 aliphatic carbocycles. The van der Waals surface area contributed by atoms with Gasteiger partial charge in [-0.05, 0) is 13.8 Å². The van der Waals surface area contributed by atoms with E-state index in [1.807, 2.05) is 0 Å². The van der Waals surface area contributed by atoms with Gasteiger partial charge >= 0.3 is 71.6 Å². The molecular formula is C30H32F12N2O12. The molecule has 0 aromatic carbocycles. The molecule has 0 saturated heterocycles. The number of alkyl carbamates (subject to hydrolysis) is 2. The van der Waals surface area contributed by atoms with Gasteiger partial charge in [-0.15, -0.1) is 0 Å². The largest absolute Gasteiger partial charge is 0.460 e. The quantitative estimate of drug-likeness (QED) is 0.0629. The van der Waals surface area contributed by atoms with Crippen LogP contribution in [0.2, 0.25) is 0 Å². The van der Waals surface area contributed by atoms with E-state index in [1.165, 1.54) is 0 Å². The van der Waals surface area contributed by atoms with E-state index in [0.29, 0.717) is 24.3 Å². The van der Waals surface area contributed by atoms with Crippen molar-refractivity contribution in [3.8, 4) is 0 Å². The summed E-state index contributed by atoms with van der Waals surface area (Å²) in [7, 11) is 0. The predicted molar refractivity (Wildman–Crippen MR) is 160 cm³/mol. The van der Waals surface area contributed by atoms with Crippen LogP contribution in [-0.2, 0) is 47.6 Å². The number of carbonyl (C=O) groups is 6. The molecule has 0 saturated carbocycles. The predicted octanol–water partition coefficient (Wildman–Crippen LogP) is 4.68. The van der Waals surface area contributed by atoms with Gasteiger partial charge < -0.3 is 39.1 Å². The van der Waals surface area contributed by atoms with Gasteiger partial charge in [0.25, 0.3) is 0 Å². The molecule has 2 amide bonds. The summed E-state index contributed by atoms with van der Waals surface area (Å²) in [5.74, 6) is -50.1. The Labute approximate surface area is 307 Å². The lowest BCUT2D eigenvalue weighted by Crippen LogP contribution is -2.71. The van der Waals surface area contributed by atoms with Gasteiger partial charge in [-0.1, -0.05) is 26.3 Å². The van der Waals surface area contributed by atoms with E-state index in [2.05, 4.69) is 54.7 Å². The summed E-state index contributed by atoms with van der Waals surface area (Å²) in [5.41, 5.74) is -4.41. The highest BCUT2D eigenvalue weighted by atomic mass is 19.4. The van der Waals surface area contributed by atoms with Crippen molar-refractivity contribution in [1.29, 1.82) is 0 Å². The number of rotatable bonds is 23. The first kappa shape index (κ1) is 50.5. The second kappa shape index (κ2) is 18.9. The summed E-state index contributed by atoms with van der Waals surface area (Å²) in [6, 6.07) is 0. The number of carbonyl (C=O) groups excluding carboxylic acids is 6. The van der Waals surface area contributed by atoms with Crippen molar-refractivity contribution in [2.75, 3.05) is 39.6 Å². The van der Waals surface area contributed by atoms with E-state index in [9.17, 15) is 81.5 Å². The van der Waals surface area contributed by atoms with E-state index < -0.39 is 122 Å². The molecule has 0 aromatic rings. The molecule has 0 atom stereocenters. The molecule has 2 N–H and O–H groups in total. The van der Waals surface area contributed by atoms with Crippen LogP contribution in [0.3, 0.4) is 0 Å². The first-order valence-electron chi connectivity index (χ1n) is 14.6. The van der Waals surface area contributed by atoms with Gasteiger partial charge in [0.2, 0.25) is 0 Å². The minimum Gasteiger partial charge on any atom is -0.460 e. The number of ether oxygens (including phenoxy) is 6. The van der Waals surface area contributed by atoms with Gasteiger partial charge in [-0.2, -0.15) is 52.7 Å². The summed E-state index contributed by atoms with van der Waals surface area (Å²) in [6.45, 7) is 2.93. The summed E-state index contributed by atoms with van der Waals surface area (Å²) in [5, 5.41) is 3.08. The average molecular weight is 841 g/mol. The highest BCUT2D eigenvalue weighted by Crippen LogP contribution is 2.60. The lowest BCUT2D eigenvalue weighted by Gasteiger charge is -2.41. The van der Waals surface area contributed by atoms with Crippen LogP contribution in [0.25, 0.3) is 0 Å². The van der Waals surface area contributed by atoms with Crippen LogP contribution in [0.4, 0.5) is 62.3 Å². The zero-order chi connectivity index (χ0) is 44.2. The first-order chi connectivity index (χ1) is 25.3. The molecule has 0 fully saturated rings. The molecule has 0 unspecified atom stereocenters. The summed E-state index contributed by atoms with van der Waals surface area (Å²) in [6.07, 6.45) is -2.38. The van der Waals surface area contributed by atoms with E-state index >= 15 is 0 Å². The number of hydrogen-bond acceptors (Lipinski definition) is 12. The second-order valence-corrected chi connectivity index (χ2v) is 11.5. The Hall–Kier alpha value is -5.46. The van der Waals surface area contributed by atoms with Gasteiger partial charge in [0, 0.05) is 24.3 Å². The molecule has 14 nitrogen and oxygen atoms in total. The smallest absolute Gasteiger partial charge is 0.408 e. The van der Waals surface area contributed by atoms with Crippen LogP contribution >= 0.6 is 0 Å². The number of esters is 4. The molecule has 0 aliphatic heterocycles. The molecule has 0 aromatic heterocycles. The summed E-state index contributed by atoms with van der Waals surface area (Å²) in [4.78, 5) is 69.6. The molecule has 26 heteroatoms. The van der Waals surface area contributed by atoms with Gasteiger partial charge in [-0.25, -0.2) is 28.8 Å². The third-order valence-electron chi connectivity index (χ3n) is 6.48.